The molecule has 25 heavy (non-hydrogen) atoms. The normalized spacial score (nSPS) is 32.4. The first-order chi connectivity index (χ1) is 12.0. The van der Waals surface area contributed by atoms with Crippen LogP contribution in [0, 0.1) is 30.1 Å². The Bertz CT molecular complexity index is 650. The molecule has 134 valence electrons. The van der Waals surface area contributed by atoms with Gasteiger partial charge in [0.05, 0.1) is 6.54 Å². The average Bonchev–Trinajstić information content (AvgIpc) is 2.53. The molecule has 4 aliphatic rings. The highest BCUT2D eigenvalue weighted by Crippen LogP contribution is 2.61. The highest BCUT2D eigenvalue weighted by Gasteiger charge is 2.51. The highest BCUT2D eigenvalue weighted by molar-refractivity contribution is 5.94. The number of carbonyl (C=O) groups excluding carboxylic acids is 2. The lowest BCUT2D eigenvalue weighted by Crippen LogP contribution is -2.48. The van der Waals surface area contributed by atoms with Crippen molar-refractivity contribution in [1.82, 2.24) is 10.3 Å². The third kappa shape index (κ3) is 3.55. The van der Waals surface area contributed by atoms with Gasteiger partial charge in [0.15, 0.2) is 0 Å². The van der Waals surface area contributed by atoms with Gasteiger partial charge in [-0.1, -0.05) is 6.07 Å². The molecule has 5 heteroatoms. The molecule has 5 nitrogen and oxygen atoms in total. The topological polar surface area (TPSA) is 71.1 Å². The lowest BCUT2D eigenvalue weighted by atomic mass is 9.49. The Morgan fingerprint density at radius 1 is 1.12 bits per heavy atom. The molecule has 1 heterocycles. The van der Waals surface area contributed by atoms with Gasteiger partial charge in [-0.3, -0.25) is 9.59 Å². The number of rotatable bonds is 5. The smallest absolute Gasteiger partial charge is 0.244 e. The third-order valence-electron chi connectivity index (χ3n) is 6.41. The van der Waals surface area contributed by atoms with Gasteiger partial charge in [0.1, 0.15) is 5.82 Å². The van der Waals surface area contributed by atoms with E-state index in [4.69, 9.17) is 0 Å². The molecule has 0 aromatic carbocycles. The number of nitrogens with one attached hydrogen (secondary N) is 2. The molecule has 2 N–H and O–H groups in total. The van der Waals surface area contributed by atoms with Gasteiger partial charge in [-0.2, -0.15) is 0 Å². The lowest BCUT2D eigenvalue weighted by Gasteiger charge is -2.56. The molecule has 0 unspecified atom stereocenters. The molecule has 0 radical (unpaired) electrons. The largest absolute Gasteiger partial charge is 0.347 e. The molecule has 0 aliphatic heterocycles. The fourth-order valence-corrected chi connectivity index (χ4v) is 5.88. The maximum atomic E-state index is 12.4. The third-order valence-corrected chi connectivity index (χ3v) is 6.41. The van der Waals surface area contributed by atoms with E-state index in [1.54, 1.807) is 6.20 Å². The monoisotopic (exact) mass is 341 g/mol. The van der Waals surface area contributed by atoms with E-state index in [0.717, 1.165) is 23.3 Å². The molecular formula is C20H27N3O2. The second kappa shape index (κ2) is 6.43. The maximum Gasteiger partial charge on any atom is 0.244 e. The second-order valence-corrected chi connectivity index (χ2v) is 8.59. The van der Waals surface area contributed by atoms with Gasteiger partial charge in [-0.25, -0.2) is 4.98 Å². The highest BCUT2D eigenvalue weighted by atomic mass is 16.2. The van der Waals surface area contributed by atoms with E-state index in [1.807, 2.05) is 19.1 Å². The Morgan fingerprint density at radius 2 is 1.76 bits per heavy atom. The van der Waals surface area contributed by atoms with E-state index >= 15 is 0 Å². The number of carbonyl (C=O) groups is 2. The number of pyridine rings is 1. The van der Waals surface area contributed by atoms with Crippen LogP contribution in [0.2, 0.25) is 0 Å². The Hall–Kier alpha value is -1.91. The Labute approximate surface area is 149 Å². The van der Waals surface area contributed by atoms with Gasteiger partial charge in [0, 0.05) is 12.6 Å². The first-order valence-corrected chi connectivity index (χ1v) is 9.49. The van der Waals surface area contributed by atoms with Crippen LogP contribution in [0.25, 0.3) is 0 Å². The number of aryl methyl sites for hydroxylation is 1. The zero-order valence-electron chi connectivity index (χ0n) is 14.9. The van der Waals surface area contributed by atoms with Crippen LogP contribution < -0.4 is 10.6 Å². The van der Waals surface area contributed by atoms with E-state index < -0.39 is 0 Å². The van der Waals surface area contributed by atoms with Crippen molar-refractivity contribution in [1.29, 1.82) is 0 Å². The summed E-state index contributed by atoms with van der Waals surface area (Å²) in [5.41, 5.74) is 1.13. The SMILES string of the molecule is Cc1cccnc1NC(=O)CNC(=O)CC12CC3CC(CC(C3)C1)C2. The van der Waals surface area contributed by atoms with E-state index in [0.29, 0.717) is 12.2 Å². The molecule has 1 aromatic rings. The minimum atomic E-state index is -0.222. The van der Waals surface area contributed by atoms with Crippen molar-refractivity contribution in [3.8, 4) is 0 Å². The second-order valence-electron chi connectivity index (χ2n) is 8.59. The zero-order chi connectivity index (χ0) is 17.4. The van der Waals surface area contributed by atoms with E-state index in [1.165, 1.54) is 38.5 Å². The van der Waals surface area contributed by atoms with Gasteiger partial charge in [-0.05, 0) is 80.2 Å². The van der Waals surface area contributed by atoms with Gasteiger partial charge in [0.25, 0.3) is 0 Å². The number of amides is 2. The number of anilines is 1. The number of aromatic nitrogens is 1. The van der Waals surface area contributed by atoms with Crippen LogP contribution in [0.3, 0.4) is 0 Å². The molecule has 4 fully saturated rings. The fourth-order valence-electron chi connectivity index (χ4n) is 5.88. The van der Waals surface area contributed by atoms with Crippen LogP contribution in [-0.4, -0.2) is 23.3 Å². The standard InChI is InChI=1S/C20H27N3O2/c1-13-3-2-4-21-19(13)23-18(25)12-22-17(24)11-20-8-14-5-15(9-20)7-16(6-14)10-20/h2-4,14-16H,5-12H2,1H3,(H,22,24)(H,21,23,25). The van der Waals surface area contributed by atoms with Crippen molar-refractivity contribution in [3.63, 3.8) is 0 Å². The summed E-state index contributed by atoms with van der Waals surface area (Å²) in [6, 6.07) is 3.73. The molecule has 4 aliphatic carbocycles. The first-order valence-electron chi connectivity index (χ1n) is 9.49. The van der Waals surface area contributed by atoms with Gasteiger partial charge in [0.2, 0.25) is 11.8 Å². The minimum Gasteiger partial charge on any atom is -0.347 e. The van der Waals surface area contributed by atoms with E-state index in [2.05, 4.69) is 15.6 Å². The molecule has 4 bridgehead atoms. The summed E-state index contributed by atoms with van der Waals surface area (Å²) in [5.74, 6) is 2.89. The van der Waals surface area contributed by atoms with Crippen LogP contribution in [0.4, 0.5) is 5.82 Å². The summed E-state index contributed by atoms with van der Waals surface area (Å²) in [5, 5.41) is 5.58. The first kappa shape index (κ1) is 16.6. The van der Waals surface area contributed by atoms with Gasteiger partial charge >= 0.3 is 0 Å². The summed E-state index contributed by atoms with van der Waals surface area (Å²) in [7, 11) is 0. The fraction of sp³-hybridized carbons (Fsp3) is 0.650. The van der Waals surface area contributed by atoms with Crippen LogP contribution in [-0.2, 0) is 9.59 Å². The summed E-state index contributed by atoms with van der Waals surface area (Å²) in [6.07, 6.45) is 10.0. The number of hydrogen-bond donors (Lipinski definition) is 2. The number of hydrogen-bond acceptors (Lipinski definition) is 3. The van der Waals surface area contributed by atoms with Crippen molar-refractivity contribution < 1.29 is 9.59 Å². The van der Waals surface area contributed by atoms with E-state index in [-0.39, 0.29) is 23.8 Å². The molecular weight excluding hydrogens is 314 g/mol. The summed E-state index contributed by atoms with van der Waals surface area (Å²) < 4.78 is 0. The van der Waals surface area contributed by atoms with E-state index in [9.17, 15) is 9.59 Å². The summed E-state index contributed by atoms with van der Waals surface area (Å²) >= 11 is 0. The van der Waals surface area contributed by atoms with Crippen LogP contribution in [0.15, 0.2) is 18.3 Å². The zero-order valence-corrected chi connectivity index (χ0v) is 14.9. The van der Waals surface area contributed by atoms with Crippen LogP contribution in [0.5, 0.6) is 0 Å². The predicted molar refractivity (Wildman–Crippen MR) is 95.8 cm³/mol. The lowest BCUT2D eigenvalue weighted by molar-refractivity contribution is -0.131. The molecule has 0 atom stereocenters. The Morgan fingerprint density at radius 3 is 2.36 bits per heavy atom. The van der Waals surface area contributed by atoms with Crippen molar-refractivity contribution >= 4 is 17.6 Å². The Balaban J connectivity index is 1.28. The summed E-state index contributed by atoms with van der Waals surface area (Å²) in [6.45, 7) is 1.91. The number of nitrogens with zero attached hydrogens (tertiary/aromatic N) is 1. The quantitative estimate of drug-likeness (QED) is 0.865. The Kier molecular flexibility index (Phi) is 4.26. The maximum absolute atomic E-state index is 12.4. The molecule has 0 spiro atoms. The van der Waals surface area contributed by atoms with Crippen molar-refractivity contribution in [2.45, 2.75) is 51.9 Å². The van der Waals surface area contributed by atoms with Crippen molar-refractivity contribution in [2.75, 3.05) is 11.9 Å². The minimum absolute atomic E-state index is 0.0151. The molecule has 0 saturated heterocycles. The van der Waals surface area contributed by atoms with Crippen molar-refractivity contribution in [3.05, 3.63) is 23.9 Å². The van der Waals surface area contributed by atoms with Gasteiger partial charge in [-0.15, -0.1) is 0 Å². The molecule has 4 saturated carbocycles. The average molecular weight is 341 g/mol. The summed E-state index contributed by atoms with van der Waals surface area (Å²) in [4.78, 5) is 28.7. The predicted octanol–water partition coefficient (Wildman–Crippen LogP) is 3.05. The molecule has 2 amide bonds. The van der Waals surface area contributed by atoms with Crippen molar-refractivity contribution in [2.24, 2.45) is 23.2 Å². The molecule has 5 rings (SSSR count). The van der Waals surface area contributed by atoms with Crippen LogP contribution >= 0.6 is 0 Å². The molecule has 1 aromatic heterocycles. The van der Waals surface area contributed by atoms with Gasteiger partial charge < -0.3 is 10.6 Å². The van der Waals surface area contributed by atoms with Crippen LogP contribution in [0.1, 0.15) is 50.5 Å².